The number of anilines is 1. The lowest BCUT2D eigenvalue weighted by molar-refractivity contribution is 0.359. The summed E-state index contributed by atoms with van der Waals surface area (Å²) in [6, 6.07) is 2.10. The third-order valence-electron chi connectivity index (χ3n) is 2.08. The van der Waals surface area contributed by atoms with E-state index in [0.717, 1.165) is 12.1 Å². The van der Waals surface area contributed by atoms with Gasteiger partial charge >= 0.3 is 0 Å². The second-order valence-electron chi connectivity index (χ2n) is 4.25. The summed E-state index contributed by atoms with van der Waals surface area (Å²) in [4.78, 5) is 0. The summed E-state index contributed by atoms with van der Waals surface area (Å²) in [7, 11) is 0. The molecule has 14 heavy (non-hydrogen) atoms. The van der Waals surface area contributed by atoms with Crippen LogP contribution in [0.3, 0.4) is 0 Å². The molecule has 76 valence electrons. The first-order valence-corrected chi connectivity index (χ1v) is 4.69. The number of aryl methyl sites for hydroxylation is 1. The third-order valence-corrected chi connectivity index (χ3v) is 2.08. The van der Waals surface area contributed by atoms with Gasteiger partial charge in [0.05, 0.1) is 11.2 Å². The second-order valence-corrected chi connectivity index (χ2v) is 4.25. The van der Waals surface area contributed by atoms with Crippen LogP contribution in [0.4, 0.5) is 5.82 Å². The first kappa shape index (κ1) is 10.6. The van der Waals surface area contributed by atoms with Gasteiger partial charge in [-0.05, 0) is 27.2 Å². The molecule has 1 heterocycles. The largest absolute Gasteiger partial charge is 0.383 e. The van der Waals surface area contributed by atoms with E-state index in [1.807, 2.05) is 27.7 Å². The highest BCUT2D eigenvalue weighted by atomic mass is 15.3. The molecule has 0 unspecified atom stereocenters. The standard InChI is InChI=1S/C10H16N4/c1-5-8-7(6-11)9(12)14(13-8)10(2,3)4/h5,12H2,1-4H3. The molecule has 4 heteroatoms. The van der Waals surface area contributed by atoms with Crippen molar-refractivity contribution in [2.24, 2.45) is 0 Å². The van der Waals surface area contributed by atoms with Gasteiger partial charge in [0.1, 0.15) is 17.5 Å². The normalized spacial score (nSPS) is 11.4. The number of nitrogen functional groups attached to an aromatic ring is 1. The van der Waals surface area contributed by atoms with E-state index in [9.17, 15) is 0 Å². The van der Waals surface area contributed by atoms with Gasteiger partial charge in [-0.25, -0.2) is 4.68 Å². The number of nitriles is 1. The smallest absolute Gasteiger partial charge is 0.140 e. The van der Waals surface area contributed by atoms with Crippen molar-refractivity contribution in [3.8, 4) is 6.07 Å². The fourth-order valence-electron chi connectivity index (χ4n) is 1.36. The molecule has 1 rings (SSSR count). The van der Waals surface area contributed by atoms with Crippen molar-refractivity contribution >= 4 is 5.82 Å². The van der Waals surface area contributed by atoms with Crippen molar-refractivity contribution in [2.75, 3.05) is 5.73 Å². The summed E-state index contributed by atoms with van der Waals surface area (Å²) in [5.74, 6) is 0.469. The van der Waals surface area contributed by atoms with Gasteiger partial charge in [-0.1, -0.05) is 6.92 Å². The topological polar surface area (TPSA) is 67.6 Å². The minimum absolute atomic E-state index is 0.177. The zero-order chi connectivity index (χ0) is 10.9. The van der Waals surface area contributed by atoms with Gasteiger partial charge in [0.25, 0.3) is 0 Å². The number of nitrogens with two attached hydrogens (primary N) is 1. The van der Waals surface area contributed by atoms with E-state index in [2.05, 4.69) is 11.2 Å². The summed E-state index contributed by atoms with van der Waals surface area (Å²) in [5.41, 5.74) is 6.97. The molecule has 0 fully saturated rings. The minimum atomic E-state index is -0.177. The molecule has 0 aromatic carbocycles. The van der Waals surface area contributed by atoms with Crippen LogP contribution in [0.25, 0.3) is 0 Å². The molecule has 0 atom stereocenters. The maximum absolute atomic E-state index is 8.93. The molecule has 0 aliphatic carbocycles. The summed E-state index contributed by atoms with van der Waals surface area (Å²) in [6.07, 6.45) is 0.732. The van der Waals surface area contributed by atoms with E-state index in [-0.39, 0.29) is 5.54 Å². The summed E-state index contributed by atoms with van der Waals surface area (Å²) in [5, 5.41) is 13.3. The molecule has 0 bridgehead atoms. The van der Waals surface area contributed by atoms with Crippen molar-refractivity contribution in [1.82, 2.24) is 9.78 Å². The fourth-order valence-corrected chi connectivity index (χ4v) is 1.36. The Balaban J connectivity index is 3.37. The third kappa shape index (κ3) is 1.58. The summed E-state index contributed by atoms with van der Waals surface area (Å²) in [6.45, 7) is 8.00. The molecule has 2 N–H and O–H groups in total. The van der Waals surface area contributed by atoms with E-state index < -0.39 is 0 Å². The Morgan fingerprint density at radius 3 is 2.36 bits per heavy atom. The predicted molar refractivity (Wildman–Crippen MR) is 55.7 cm³/mol. The van der Waals surface area contributed by atoms with E-state index in [1.165, 1.54) is 0 Å². The molecular formula is C10H16N4. The maximum atomic E-state index is 8.93. The van der Waals surface area contributed by atoms with Crippen molar-refractivity contribution in [2.45, 2.75) is 39.7 Å². The van der Waals surface area contributed by atoms with Crippen molar-refractivity contribution in [3.05, 3.63) is 11.3 Å². The summed E-state index contributed by atoms with van der Waals surface area (Å²) >= 11 is 0. The number of aromatic nitrogens is 2. The Labute approximate surface area is 84.3 Å². The first-order chi connectivity index (χ1) is 6.41. The molecule has 0 aliphatic rings. The van der Waals surface area contributed by atoms with E-state index in [0.29, 0.717) is 11.4 Å². The Morgan fingerprint density at radius 2 is 2.07 bits per heavy atom. The lowest BCUT2D eigenvalue weighted by Gasteiger charge is -2.20. The predicted octanol–water partition coefficient (Wildman–Crippen LogP) is 1.65. The van der Waals surface area contributed by atoms with Crippen LogP contribution in [0.15, 0.2) is 0 Å². The zero-order valence-electron chi connectivity index (χ0n) is 9.13. The molecule has 0 radical (unpaired) electrons. The van der Waals surface area contributed by atoms with E-state index in [4.69, 9.17) is 11.0 Å². The number of rotatable bonds is 1. The highest BCUT2D eigenvalue weighted by molar-refractivity contribution is 5.52. The van der Waals surface area contributed by atoms with Crippen LogP contribution in [-0.4, -0.2) is 9.78 Å². The van der Waals surface area contributed by atoms with Gasteiger partial charge in [-0.3, -0.25) is 0 Å². The van der Waals surface area contributed by atoms with Crippen LogP contribution in [0.2, 0.25) is 0 Å². The van der Waals surface area contributed by atoms with Crippen LogP contribution in [-0.2, 0) is 12.0 Å². The Hall–Kier alpha value is -1.50. The molecule has 4 nitrogen and oxygen atoms in total. The molecule has 0 spiro atoms. The van der Waals surface area contributed by atoms with Crippen molar-refractivity contribution in [1.29, 1.82) is 5.26 Å². The maximum Gasteiger partial charge on any atom is 0.140 e. The highest BCUT2D eigenvalue weighted by Crippen LogP contribution is 2.23. The lowest BCUT2D eigenvalue weighted by atomic mass is 10.1. The zero-order valence-corrected chi connectivity index (χ0v) is 9.13. The first-order valence-electron chi connectivity index (χ1n) is 4.69. The molecule has 0 amide bonds. The second kappa shape index (κ2) is 3.33. The molecule has 0 saturated heterocycles. The quantitative estimate of drug-likeness (QED) is 0.735. The number of nitrogens with zero attached hydrogens (tertiary/aromatic N) is 3. The SMILES string of the molecule is CCc1nn(C(C)(C)C)c(N)c1C#N. The van der Waals surface area contributed by atoms with Gasteiger partial charge in [-0.2, -0.15) is 10.4 Å². The monoisotopic (exact) mass is 192 g/mol. The number of hydrogen-bond donors (Lipinski definition) is 1. The van der Waals surface area contributed by atoms with Crippen LogP contribution in [0, 0.1) is 11.3 Å². The average molecular weight is 192 g/mol. The summed E-state index contributed by atoms with van der Waals surface area (Å²) < 4.78 is 1.71. The van der Waals surface area contributed by atoms with Gasteiger partial charge in [0.15, 0.2) is 0 Å². The Bertz CT molecular complexity index is 376. The fraction of sp³-hybridized carbons (Fsp3) is 0.600. The van der Waals surface area contributed by atoms with Crippen molar-refractivity contribution < 1.29 is 0 Å². The Kier molecular flexibility index (Phi) is 2.52. The van der Waals surface area contributed by atoms with Gasteiger partial charge in [0.2, 0.25) is 0 Å². The van der Waals surface area contributed by atoms with Crippen molar-refractivity contribution in [3.63, 3.8) is 0 Å². The number of hydrogen-bond acceptors (Lipinski definition) is 3. The lowest BCUT2D eigenvalue weighted by Crippen LogP contribution is -2.24. The molecule has 1 aromatic rings. The average Bonchev–Trinajstić information content (AvgIpc) is 2.40. The van der Waals surface area contributed by atoms with Crippen LogP contribution < -0.4 is 5.73 Å². The van der Waals surface area contributed by atoms with E-state index >= 15 is 0 Å². The highest BCUT2D eigenvalue weighted by Gasteiger charge is 2.22. The van der Waals surface area contributed by atoms with Crippen LogP contribution in [0.1, 0.15) is 39.0 Å². The molecule has 0 saturated carbocycles. The van der Waals surface area contributed by atoms with Gasteiger partial charge in [0, 0.05) is 0 Å². The van der Waals surface area contributed by atoms with Crippen LogP contribution >= 0.6 is 0 Å². The molecular weight excluding hydrogens is 176 g/mol. The minimum Gasteiger partial charge on any atom is -0.383 e. The molecule has 0 aliphatic heterocycles. The Morgan fingerprint density at radius 1 is 1.50 bits per heavy atom. The van der Waals surface area contributed by atoms with E-state index in [1.54, 1.807) is 4.68 Å². The van der Waals surface area contributed by atoms with Gasteiger partial charge in [-0.15, -0.1) is 0 Å². The van der Waals surface area contributed by atoms with Gasteiger partial charge < -0.3 is 5.73 Å². The molecule has 1 aromatic heterocycles. The van der Waals surface area contributed by atoms with Crippen LogP contribution in [0.5, 0.6) is 0 Å².